The van der Waals surface area contributed by atoms with Crippen LogP contribution in [-0.4, -0.2) is 17.1 Å². The number of rotatable bonds is 3. The Morgan fingerprint density at radius 2 is 1.75 bits per heavy atom. The highest BCUT2D eigenvalue weighted by atomic mass is 16.4. The molecule has 3 heteroatoms. The number of hydrogen-bond donors (Lipinski definition) is 2. The van der Waals surface area contributed by atoms with Crippen LogP contribution in [0.15, 0.2) is 12.3 Å². The van der Waals surface area contributed by atoms with Gasteiger partial charge >= 0.3 is 5.97 Å². The first-order valence-electron chi connectivity index (χ1n) is 5.86. The SMILES string of the molecule is CC1(C)CC(N/C=C/C(=O)O)CC(C)(C)C1. The Bertz CT molecular complexity index is 276. The van der Waals surface area contributed by atoms with Gasteiger partial charge in [0.05, 0.1) is 0 Å². The van der Waals surface area contributed by atoms with Gasteiger partial charge in [0.1, 0.15) is 0 Å². The van der Waals surface area contributed by atoms with Gasteiger partial charge in [-0.2, -0.15) is 0 Å². The van der Waals surface area contributed by atoms with Crippen molar-refractivity contribution < 1.29 is 9.90 Å². The van der Waals surface area contributed by atoms with Crippen LogP contribution in [0.5, 0.6) is 0 Å². The van der Waals surface area contributed by atoms with Crippen molar-refractivity contribution in [1.29, 1.82) is 0 Å². The molecule has 3 nitrogen and oxygen atoms in total. The van der Waals surface area contributed by atoms with Crippen LogP contribution in [0, 0.1) is 10.8 Å². The maximum absolute atomic E-state index is 10.4. The fraction of sp³-hybridized carbons (Fsp3) is 0.769. The van der Waals surface area contributed by atoms with Crippen LogP contribution in [0.4, 0.5) is 0 Å². The standard InChI is InChI=1S/C13H23NO2/c1-12(2)7-10(8-13(3,4)9-12)14-6-5-11(15)16/h5-6,10,14H,7-9H2,1-4H3,(H,15,16)/b6-5+. The van der Waals surface area contributed by atoms with Gasteiger partial charge in [0.15, 0.2) is 0 Å². The highest BCUT2D eigenvalue weighted by molar-refractivity contribution is 5.79. The molecule has 1 aliphatic carbocycles. The molecule has 0 saturated heterocycles. The van der Waals surface area contributed by atoms with Gasteiger partial charge in [-0.05, 0) is 30.1 Å². The predicted octanol–water partition coefficient (Wildman–Crippen LogP) is 2.78. The van der Waals surface area contributed by atoms with Crippen molar-refractivity contribution in [3.05, 3.63) is 12.3 Å². The Labute approximate surface area is 97.9 Å². The molecular formula is C13H23NO2. The number of carboxylic acid groups (broad SMARTS) is 1. The molecule has 1 saturated carbocycles. The second kappa shape index (κ2) is 4.48. The molecule has 92 valence electrons. The Balaban J connectivity index is 2.57. The molecule has 1 aliphatic rings. The van der Waals surface area contributed by atoms with E-state index in [1.165, 1.54) is 6.42 Å². The van der Waals surface area contributed by atoms with E-state index in [-0.39, 0.29) is 0 Å². The highest BCUT2D eigenvalue weighted by Crippen LogP contribution is 2.45. The lowest BCUT2D eigenvalue weighted by molar-refractivity contribution is -0.131. The van der Waals surface area contributed by atoms with Crippen LogP contribution in [0.25, 0.3) is 0 Å². The summed E-state index contributed by atoms with van der Waals surface area (Å²) in [6, 6.07) is 0.384. The zero-order valence-electron chi connectivity index (χ0n) is 10.7. The third-order valence-corrected chi connectivity index (χ3v) is 3.11. The van der Waals surface area contributed by atoms with Crippen LogP contribution < -0.4 is 5.32 Å². The Morgan fingerprint density at radius 1 is 1.25 bits per heavy atom. The molecule has 0 heterocycles. The number of carboxylic acids is 1. The van der Waals surface area contributed by atoms with Crippen LogP contribution in [-0.2, 0) is 4.79 Å². The molecule has 2 N–H and O–H groups in total. The molecule has 0 bridgehead atoms. The van der Waals surface area contributed by atoms with Gasteiger partial charge in [-0.1, -0.05) is 27.7 Å². The molecule has 0 spiro atoms. The van der Waals surface area contributed by atoms with Gasteiger partial charge in [0.2, 0.25) is 0 Å². The second-order valence-corrected chi connectivity index (χ2v) is 6.45. The highest BCUT2D eigenvalue weighted by Gasteiger charge is 2.37. The van der Waals surface area contributed by atoms with E-state index >= 15 is 0 Å². The van der Waals surface area contributed by atoms with Crippen LogP contribution in [0.2, 0.25) is 0 Å². The Morgan fingerprint density at radius 3 is 2.19 bits per heavy atom. The van der Waals surface area contributed by atoms with E-state index in [9.17, 15) is 4.79 Å². The molecule has 1 rings (SSSR count). The summed E-state index contributed by atoms with van der Waals surface area (Å²) in [4.78, 5) is 10.4. The summed E-state index contributed by atoms with van der Waals surface area (Å²) in [5.41, 5.74) is 0.660. The van der Waals surface area contributed by atoms with E-state index in [2.05, 4.69) is 33.0 Å². The van der Waals surface area contributed by atoms with Crippen molar-refractivity contribution in [3.8, 4) is 0 Å². The molecule has 0 radical (unpaired) electrons. The Hall–Kier alpha value is -0.990. The summed E-state index contributed by atoms with van der Waals surface area (Å²) in [7, 11) is 0. The summed E-state index contributed by atoms with van der Waals surface area (Å²) in [5.74, 6) is -0.901. The lowest BCUT2D eigenvalue weighted by atomic mass is 9.63. The fourth-order valence-electron chi connectivity index (χ4n) is 3.22. The molecule has 0 unspecified atom stereocenters. The van der Waals surface area contributed by atoms with Crippen molar-refractivity contribution in [2.45, 2.75) is 53.0 Å². The molecule has 0 aromatic rings. The summed E-state index contributed by atoms with van der Waals surface area (Å²) in [6.07, 6.45) is 6.14. The van der Waals surface area contributed by atoms with Gasteiger partial charge in [0, 0.05) is 18.3 Å². The van der Waals surface area contributed by atoms with Crippen molar-refractivity contribution >= 4 is 5.97 Å². The lowest BCUT2D eigenvalue weighted by Gasteiger charge is -2.45. The first kappa shape index (κ1) is 13.1. The zero-order chi connectivity index (χ0) is 12.4. The van der Waals surface area contributed by atoms with Crippen molar-refractivity contribution in [1.82, 2.24) is 5.32 Å². The number of hydrogen-bond acceptors (Lipinski definition) is 2. The van der Waals surface area contributed by atoms with E-state index in [1.807, 2.05) is 0 Å². The molecule has 1 fully saturated rings. The molecule has 0 aliphatic heterocycles. The van der Waals surface area contributed by atoms with Gasteiger partial charge in [0.25, 0.3) is 0 Å². The molecule has 0 atom stereocenters. The van der Waals surface area contributed by atoms with Gasteiger partial charge in [-0.15, -0.1) is 0 Å². The van der Waals surface area contributed by atoms with E-state index in [4.69, 9.17) is 5.11 Å². The van der Waals surface area contributed by atoms with Crippen LogP contribution >= 0.6 is 0 Å². The third kappa shape index (κ3) is 4.25. The predicted molar refractivity (Wildman–Crippen MR) is 65.1 cm³/mol. The minimum absolute atomic E-state index is 0.330. The summed E-state index contributed by atoms with van der Waals surface area (Å²) < 4.78 is 0. The summed E-state index contributed by atoms with van der Waals surface area (Å²) in [5, 5.41) is 11.7. The minimum atomic E-state index is -0.901. The molecule has 0 aromatic heterocycles. The molecule has 0 amide bonds. The van der Waals surface area contributed by atoms with Gasteiger partial charge in [-0.3, -0.25) is 0 Å². The first-order valence-corrected chi connectivity index (χ1v) is 5.86. The zero-order valence-corrected chi connectivity index (χ0v) is 10.7. The smallest absolute Gasteiger partial charge is 0.329 e. The number of carbonyl (C=O) groups is 1. The monoisotopic (exact) mass is 225 g/mol. The molecule has 16 heavy (non-hydrogen) atoms. The minimum Gasteiger partial charge on any atom is -0.478 e. The average Bonchev–Trinajstić information content (AvgIpc) is 1.96. The summed E-state index contributed by atoms with van der Waals surface area (Å²) in [6.45, 7) is 9.12. The normalized spacial score (nSPS) is 24.5. The van der Waals surface area contributed by atoms with E-state index in [0.717, 1.165) is 18.9 Å². The van der Waals surface area contributed by atoms with E-state index < -0.39 is 5.97 Å². The van der Waals surface area contributed by atoms with Crippen molar-refractivity contribution in [2.75, 3.05) is 0 Å². The molecule has 0 aromatic carbocycles. The number of aliphatic carboxylic acids is 1. The Kier molecular flexibility index (Phi) is 3.66. The average molecular weight is 225 g/mol. The number of nitrogens with one attached hydrogen (secondary N) is 1. The van der Waals surface area contributed by atoms with Crippen LogP contribution in [0.1, 0.15) is 47.0 Å². The molecular weight excluding hydrogens is 202 g/mol. The van der Waals surface area contributed by atoms with Crippen LogP contribution in [0.3, 0.4) is 0 Å². The fourth-order valence-corrected chi connectivity index (χ4v) is 3.22. The maximum atomic E-state index is 10.4. The quantitative estimate of drug-likeness (QED) is 0.726. The van der Waals surface area contributed by atoms with Crippen molar-refractivity contribution in [3.63, 3.8) is 0 Å². The van der Waals surface area contributed by atoms with Crippen molar-refractivity contribution in [2.24, 2.45) is 10.8 Å². The lowest BCUT2D eigenvalue weighted by Crippen LogP contribution is -2.42. The topological polar surface area (TPSA) is 49.3 Å². The summed E-state index contributed by atoms with van der Waals surface area (Å²) >= 11 is 0. The second-order valence-electron chi connectivity index (χ2n) is 6.45. The first-order chi connectivity index (χ1) is 7.20. The largest absolute Gasteiger partial charge is 0.478 e. The van der Waals surface area contributed by atoms with E-state index in [0.29, 0.717) is 16.9 Å². The van der Waals surface area contributed by atoms with Gasteiger partial charge < -0.3 is 10.4 Å². The van der Waals surface area contributed by atoms with E-state index in [1.54, 1.807) is 6.20 Å². The van der Waals surface area contributed by atoms with Gasteiger partial charge in [-0.25, -0.2) is 4.79 Å². The maximum Gasteiger partial charge on any atom is 0.329 e. The third-order valence-electron chi connectivity index (χ3n) is 3.11.